The molecule has 1 amide bonds. The Morgan fingerprint density at radius 2 is 2.00 bits per heavy atom. The number of carboxylic acid groups (broad SMARTS) is 2. The van der Waals surface area contributed by atoms with Crippen molar-refractivity contribution in [1.29, 1.82) is 0 Å². The Morgan fingerprint density at radius 1 is 1.47 bits per heavy atom. The van der Waals surface area contributed by atoms with Gasteiger partial charge in [-0.15, -0.1) is 0 Å². The maximum absolute atomic E-state index is 10.4. The van der Waals surface area contributed by atoms with Gasteiger partial charge in [-0.25, -0.2) is 4.79 Å². The lowest BCUT2D eigenvalue weighted by Gasteiger charge is -2.06. The van der Waals surface area contributed by atoms with E-state index in [1.807, 2.05) is 0 Å². The number of hydrogen-bond donors (Lipinski definition) is 5. The van der Waals surface area contributed by atoms with Gasteiger partial charge in [0.25, 0.3) is 0 Å². The fourth-order valence-corrected chi connectivity index (χ4v) is 1.01. The SMILES string of the molecule is C[C@@H](O)[C@H](N)C(=O)O.O=C1CCC(C(=O)O)N1. The van der Waals surface area contributed by atoms with Gasteiger partial charge < -0.3 is 26.4 Å². The summed E-state index contributed by atoms with van der Waals surface area (Å²) in [4.78, 5) is 30.4. The Hall–Kier alpha value is -1.67. The van der Waals surface area contributed by atoms with E-state index in [4.69, 9.17) is 21.1 Å². The van der Waals surface area contributed by atoms with Crippen LogP contribution in [0.15, 0.2) is 0 Å². The second kappa shape index (κ2) is 6.81. The fraction of sp³-hybridized carbons (Fsp3) is 0.667. The number of rotatable bonds is 3. The van der Waals surface area contributed by atoms with Crippen molar-refractivity contribution in [2.24, 2.45) is 5.73 Å². The van der Waals surface area contributed by atoms with Crippen molar-refractivity contribution in [3.8, 4) is 0 Å². The summed E-state index contributed by atoms with van der Waals surface area (Å²) in [6.45, 7) is 1.33. The number of nitrogens with two attached hydrogens (primary N) is 1. The number of aliphatic hydroxyl groups excluding tert-OH is 1. The summed E-state index contributed by atoms with van der Waals surface area (Å²) in [5.74, 6) is -2.29. The highest BCUT2D eigenvalue weighted by Crippen LogP contribution is 2.05. The van der Waals surface area contributed by atoms with E-state index in [9.17, 15) is 14.4 Å². The Balaban J connectivity index is 0.000000304. The summed E-state index contributed by atoms with van der Waals surface area (Å²) in [5, 5.41) is 27.2. The quantitative estimate of drug-likeness (QED) is 0.392. The zero-order valence-corrected chi connectivity index (χ0v) is 9.29. The zero-order valence-electron chi connectivity index (χ0n) is 9.29. The van der Waals surface area contributed by atoms with Crippen LogP contribution in [-0.4, -0.2) is 51.4 Å². The predicted molar refractivity (Wildman–Crippen MR) is 56.1 cm³/mol. The zero-order chi connectivity index (χ0) is 13.6. The molecular weight excluding hydrogens is 232 g/mol. The number of hydrogen-bond acceptors (Lipinski definition) is 5. The summed E-state index contributed by atoms with van der Waals surface area (Å²) in [6, 6.07) is -1.80. The van der Waals surface area contributed by atoms with E-state index >= 15 is 0 Å². The van der Waals surface area contributed by atoms with E-state index in [0.29, 0.717) is 12.8 Å². The van der Waals surface area contributed by atoms with Gasteiger partial charge in [0.1, 0.15) is 12.1 Å². The third-order valence-corrected chi connectivity index (χ3v) is 2.10. The maximum atomic E-state index is 10.4. The number of nitrogens with one attached hydrogen (secondary N) is 1. The van der Waals surface area contributed by atoms with Crippen molar-refractivity contribution in [2.45, 2.75) is 38.0 Å². The molecule has 6 N–H and O–H groups in total. The summed E-state index contributed by atoms with van der Waals surface area (Å²) in [6.07, 6.45) is -0.210. The van der Waals surface area contributed by atoms with Crippen LogP contribution in [0.25, 0.3) is 0 Å². The normalized spacial score (nSPS) is 21.8. The minimum absolute atomic E-state index is 0.164. The Labute approximate surface area is 97.4 Å². The second-order valence-corrected chi connectivity index (χ2v) is 3.60. The molecule has 1 aliphatic heterocycles. The van der Waals surface area contributed by atoms with Gasteiger partial charge in [-0.3, -0.25) is 9.59 Å². The molecule has 0 bridgehead atoms. The molecule has 1 fully saturated rings. The van der Waals surface area contributed by atoms with Gasteiger partial charge in [-0.05, 0) is 13.3 Å². The molecule has 1 aliphatic rings. The molecule has 17 heavy (non-hydrogen) atoms. The standard InChI is InChI=1S/C5H7NO3.C4H9NO3/c7-4-2-1-3(6-4)5(8)9;1-2(6)3(5)4(7)8/h3H,1-2H2,(H,6,7)(H,8,9);2-3,6H,5H2,1H3,(H,7,8)/t;2-,3+/m.1/s1. The molecule has 8 nitrogen and oxygen atoms in total. The number of carboxylic acids is 2. The third-order valence-electron chi connectivity index (χ3n) is 2.10. The molecule has 0 aromatic rings. The van der Waals surface area contributed by atoms with E-state index in [2.05, 4.69) is 5.32 Å². The average Bonchev–Trinajstić information content (AvgIpc) is 2.64. The van der Waals surface area contributed by atoms with Crippen molar-refractivity contribution in [3.05, 3.63) is 0 Å². The lowest BCUT2D eigenvalue weighted by Crippen LogP contribution is -2.39. The highest BCUT2D eigenvalue weighted by molar-refractivity contribution is 5.87. The van der Waals surface area contributed by atoms with Crippen LogP contribution in [0.3, 0.4) is 0 Å². The monoisotopic (exact) mass is 248 g/mol. The van der Waals surface area contributed by atoms with Crippen molar-refractivity contribution in [3.63, 3.8) is 0 Å². The molecule has 3 atom stereocenters. The number of aliphatic hydroxyl groups is 1. The first-order valence-corrected chi connectivity index (χ1v) is 4.94. The molecule has 0 radical (unpaired) electrons. The summed E-state index contributed by atoms with van der Waals surface area (Å²) < 4.78 is 0. The Kier molecular flexibility index (Phi) is 6.15. The van der Waals surface area contributed by atoms with E-state index < -0.39 is 30.1 Å². The van der Waals surface area contributed by atoms with Gasteiger partial charge in [-0.1, -0.05) is 0 Å². The molecule has 0 saturated carbocycles. The van der Waals surface area contributed by atoms with Crippen LogP contribution in [0.1, 0.15) is 19.8 Å². The van der Waals surface area contributed by atoms with E-state index in [1.54, 1.807) is 0 Å². The van der Waals surface area contributed by atoms with E-state index in [1.165, 1.54) is 6.92 Å². The van der Waals surface area contributed by atoms with Crippen LogP contribution in [0.2, 0.25) is 0 Å². The van der Waals surface area contributed by atoms with Gasteiger partial charge in [-0.2, -0.15) is 0 Å². The summed E-state index contributed by atoms with van der Waals surface area (Å²) in [5.41, 5.74) is 4.91. The maximum Gasteiger partial charge on any atom is 0.326 e. The smallest absolute Gasteiger partial charge is 0.326 e. The van der Waals surface area contributed by atoms with Crippen LogP contribution in [0, 0.1) is 0 Å². The first-order valence-electron chi connectivity index (χ1n) is 4.94. The topological polar surface area (TPSA) is 150 Å². The van der Waals surface area contributed by atoms with Crippen LogP contribution in [0.4, 0.5) is 0 Å². The van der Waals surface area contributed by atoms with Crippen molar-refractivity contribution < 1.29 is 29.7 Å². The van der Waals surface area contributed by atoms with E-state index in [0.717, 1.165) is 0 Å². The first kappa shape index (κ1) is 15.3. The van der Waals surface area contributed by atoms with Gasteiger partial charge in [0.15, 0.2) is 0 Å². The highest BCUT2D eigenvalue weighted by Gasteiger charge is 2.26. The van der Waals surface area contributed by atoms with Crippen LogP contribution in [0.5, 0.6) is 0 Å². The second-order valence-electron chi connectivity index (χ2n) is 3.60. The molecule has 1 unspecified atom stereocenters. The lowest BCUT2D eigenvalue weighted by molar-refractivity contribution is -0.141. The summed E-state index contributed by atoms with van der Waals surface area (Å²) >= 11 is 0. The number of aliphatic carboxylic acids is 2. The fourth-order valence-electron chi connectivity index (χ4n) is 1.01. The molecule has 0 aromatic heterocycles. The first-order chi connectivity index (χ1) is 7.75. The summed E-state index contributed by atoms with van der Waals surface area (Å²) in [7, 11) is 0. The lowest BCUT2D eigenvalue weighted by atomic mass is 10.2. The van der Waals surface area contributed by atoms with E-state index in [-0.39, 0.29) is 5.91 Å². The van der Waals surface area contributed by atoms with Gasteiger partial charge in [0.2, 0.25) is 5.91 Å². The van der Waals surface area contributed by atoms with Crippen LogP contribution < -0.4 is 11.1 Å². The van der Waals surface area contributed by atoms with Crippen LogP contribution >= 0.6 is 0 Å². The molecule has 0 aromatic carbocycles. The molecule has 0 aliphatic carbocycles. The largest absolute Gasteiger partial charge is 0.480 e. The van der Waals surface area contributed by atoms with Gasteiger partial charge >= 0.3 is 11.9 Å². The molecule has 98 valence electrons. The molecule has 1 rings (SSSR count). The number of amides is 1. The molecular formula is C9H16N2O6. The van der Waals surface area contributed by atoms with Crippen molar-refractivity contribution in [2.75, 3.05) is 0 Å². The molecule has 8 heteroatoms. The van der Waals surface area contributed by atoms with Gasteiger partial charge in [0, 0.05) is 6.42 Å². The average molecular weight is 248 g/mol. The minimum Gasteiger partial charge on any atom is -0.480 e. The molecule has 0 spiro atoms. The number of carbonyl (C=O) groups is 3. The number of carbonyl (C=O) groups excluding carboxylic acids is 1. The minimum atomic E-state index is -1.18. The van der Waals surface area contributed by atoms with Crippen molar-refractivity contribution >= 4 is 17.8 Å². The highest BCUT2D eigenvalue weighted by atomic mass is 16.4. The molecule has 1 saturated heterocycles. The van der Waals surface area contributed by atoms with Crippen molar-refractivity contribution in [1.82, 2.24) is 5.32 Å². The molecule has 1 heterocycles. The Bertz CT molecular complexity index is 304. The Morgan fingerprint density at radius 3 is 2.12 bits per heavy atom. The third kappa shape index (κ3) is 5.83. The van der Waals surface area contributed by atoms with Crippen LogP contribution in [-0.2, 0) is 14.4 Å². The van der Waals surface area contributed by atoms with Gasteiger partial charge in [0.05, 0.1) is 6.10 Å². The predicted octanol–water partition coefficient (Wildman–Crippen LogP) is -1.87.